The van der Waals surface area contributed by atoms with E-state index in [4.69, 9.17) is 5.73 Å². The van der Waals surface area contributed by atoms with Crippen LogP contribution in [-0.4, -0.2) is 36.2 Å². The van der Waals surface area contributed by atoms with Gasteiger partial charge in [0.05, 0.1) is 0 Å². The molecule has 2 nitrogen and oxygen atoms in total. The Balaban J connectivity index is 0.000000980. The summed E-state index contributed by atoms with van der Waals surface area (Å²) in [6, 6.07) is 1.03. The molecule has 1 aliphatic carbocycles. The van der Waals surface area contributed by atoms with Crippen LogP contribution in [0.25, 0.3) is 0 Å². The zero-order chi connectivity index (χ0) is 9.26. The molecule has 1 saturated carbocycles. The summed E-state index contributed by atoms with van der Waals surface area (Å²) < 4.78 is 12.9. The van der Waals surface area contributed by atoms with E-state index >= 15 is 0 Å². The Kier molecular flexibility index (Phi) is 7.09. The van der Waals surface area contributed by atoms with Gasteiger partial charge in [-0.15, -0.1) is 24.8 Å². The van der Waals surface area contributed by atoms with Gasteiger partial charge in [-0.3, -0.25) is 4.90 Å². The summed E-state index contributed by atoms with van der Waals surface area (Å²) in [6.45, 7) is 1.63. The monoisotopic (exact) mass is 258 g/mol. The van der Waals surface area contributed by atoms with E-state index in [2.05, 4.69) is 4.90 Å². The first-order chi connectivity index (χ1) is 6.25. The Morgan fingerprint density at radius 1 is 1.00 bits per heavy atom. The number of hydrogen-bond acceptors (Lipinski definition) is 2. The van der Waals surface area contributed by atoms with Crippen molar-refractivity contribution < 1.29 is 4.39 Å². The van der Waals surface area contributed by atoms with Crippen LogP contribution in [0.1, 0.15) is 32.1 Å². The highest BCUT2D eigenvalue weighted by atomic mass is 35.5. The number of nitrogens with zero attached hydrogens (tertiary/aromatic N) is 1. The van der Waals surface area contributed by atoms with Crippen molar-refractivity contribution in [1.82, 2.24) is 4.90 Å². The van der Waals surface area contributed by atoms with E-state index in [0.29, 0.717) is 18.6 Å². The lowest BCUT2D eigenvalue weighted by molar-refractivity contribution is 0.170. The van der Waals surface area contributed by atoms with Gasteiger partial charge in [0, 0.05) is 25.2 Å². The van der Waals surface area contributed by atoms with Gasteiger partial charge in [0.15, 0.2) is 0 Å². The lowest BCUT2D eigenvalue weighted by Crippen LogP contribution is -2.39. The van der Waals surface area contributed by atoms with Crippen LogP contribution in [0.15, 0.2) is 0 Å². The van der Waals surface area contributed by atoms with Crippen molar-refractivity contribution in [2.45, 2.75) is 50.4 Å². The third kappa shape index (κ3) is 4.06. The van der Waals surface area contributed by atoms with Crippen LogP contribution in [-0.2, 0) is 0 Å². The van der Waals surface area contributed by atoms with Gasteiger partial charge >= 0.3 is 0 Å². The number of nitrogens with two attached hydrogens (primary N) is 1. The summed E-state index contributed by atoms with van der Waals surface area (Å²) in [6.07, 6.45) is 4.76. The maximum absolute atomic E-state index is 12.9. The number of rotatable bonds is 1. The third-order valence-electron chi connectivity index (χ3n) is 3.42. The Morgan fingerprint density at radius 3 is 2.07 bits per heavy atom. The zero-order valence-corrected chi connectivity index (χ0v) is 10.5. The largest absolute Gasteiger partial charge is 0.328 e. The summed E-state index contributed by atoms with van der Waals surface area (Å²) in [7, 11) is 0. The fraction of sp³-hybridized carbons (Fsp3) is 1.00. The van der Waals surface area contributed by atoms with Crippen molar-refractivity contribution in [2.75, 3.05) is 13.1 Å². The van der Waals surface area contributed by atoms with Gasteiger partial charge in [0.25, 0.3) is 0 Å². The lowest BCUT2D eigenvalue weighted by atomic mass is 9.91. The SMILES string of the molecule is Cl.Cl.NC1CCC(N2CC[C@@H](F)C2)CC1. The van der Waals surface area contributed by atoms with Crippen LogP contribution in [0.2, 0.25) is 0 Å². The number of alkyl halides is 1. The highest BCUT2D eigenvalue weighted by Crippen LogP contribution is 2.25. The summed E-state index contributed by atoms with van der Waals surface area (Å²) in [5, 5.41) is 0. The first-order valence-corrected chi connectivity index (χ1v) is 5.39. The molecule has 0 aromatic rings. The molecule has 1 heterocycles. The van der Waals surface area contributed by atoms with Gasteiger partial charge in [-0.2, -0.15) is 0 Å². The third-order valence-corrected chi connectivity index (χ3v) is 3.42. The summed E-state index contributed by atoms with van der Waals surface area (Å²) in [5.41, 5.74) is 5.83. The van der Waals surface area contributed by atoms with Crippen LogP contribution < -0.4 is 5.73 Å². The molecule has 0 bridgehead atoms. The van der Waals surface area contributed by atoms with E-state index in [1.165, 1.54) is 12.8 Å². The second-order valence-corrected chi connectivity index (χ2v) is 4.45. The van der Waals surface area contributed by atoms with E-state index in [1.807, 2.05) is 0 Å². The molecule has 0 amide bonds. The predicted molar refractivity (Wildman–Crippen MR) is 65.8 cm³/mol. The van der Waals surface area contributed by atoms with E-state index in [9.17, 15) is 4.39 Å². The van der Waals surface area contributed by atoms with Crippen LogP contribution >= 0.6 is 24.8 Å². The van der Waals surface area contributed by atoms with Crippen molar-refractivity contribution in [3.8, 4) is 0 Å². The fourth-order valence-electron chi connectivity index (χ4n) is 2.54. The molecule has 2 N–H and O–H groups in total. The zero-order valence-electron chi connectivity index (χ0n) is 8.90. The van der Waals surface area contributed by atoms with Gasteiger partial charge < -0.3 is 5.73 Å². The Bertz CT molecular complexity index is 175. The molecule has 2 fully saturated rings. The highest BCUT2D eigenvalue weighted by molar-refractivity contribution is 5.85. The molecular weight excluding hydrogens is 238 g/mol. The molecule has 0 spiro atoms. The molecule has 1 aliphatic heterocycles. The predicted octanol–water partition coefficient (Wildman–Crippen LogP) is 2.14. The van der Waals surface area contributed by atoms with Crippen LogP contribution in [0.5, 0.6) is 0 Å². The Hall–Kier alpha value is 0.430. The number of hydrogen-bond donors (Lipinski definition) is 1. The van der Waals surface area contributed by atoms with Gasteiger partial charge in [-0.05, 0) is 32.1 Å². The van der Waals surface area contributed by atoms with Crippen LogP contribution in [0.3, 0.4) is 0 Å². The molecule has 1 saturated heterocycles. The van der Waals surface area contributed by atoms with Gasteiger partial charge in [0.2, 0.25) is 0 Å². The topological polar surface area (TPSA) is 29.3 Å². The average molecular weight is 259 g/mol. The van der Waals surface area contributed by atoms with Crippen molar-refractivity contribution in [1.29, 1.82) is 0 Å². The summed E-state index contributed by atoms with van der Waals surface area (Å²) in [5.74, 6) is 0. The molecule has 2 rings (SSSR count). The minimum absolute atomic E-state index is 0. The Morgan fingerprint density at radius 2 is 1.60 bits per heavy atom. The van der Waals surface area contributed by atoms with Gasteiger partial charge in [0.1, 0.15) is 6.17 Å². The van der Waals surface area contributed by atoms with Crippen molar-refractivity contribution in [3.05, 3.63) is 0 Å². The maximum Gasteiger partial charge on any atom is 0.114 e. The molecular formula is C10H21Cl2FN2. The normalized spacial score (nSPS) is 36.8. The Labute approximate surface area is 104 Å². The molecule has 0 radical (unpaired) electrons. The van der Waals surface area contributed by atoms with Gasteiger partial charge in [-0.25, -0.2) is 4.39 Å². The molecule has 1 atom stereocenters. The first-order valence-electron chi connectivity index (χ1n) is 5.39. The first kappa shape index (κ1) is 15.4. The van der Waals surface area contributed by atoms with Crippen molar-refractivity contribution >= 4 is 24.8 Å². The second kappa shape index (κ2) is 6.89. The highest BCUT2D eigenvalue weighted by Gasteiger charge is 2.30. The molecule has 0 unspecified atom stereocenters. The second-order valence-electron chi connectivity index (χ2n) is 4.45. The maximum atomic E-state index is 12.9. The minimum Gasteiger partial charge on any atom is -0.328 e. The van der Waals surface area contributed by atoms with Crippen molar-refractivity contribution in [3.63, 3.8) is 0 Å². The molecule has 92 valence electrons. The van der Waals surface area contributed by atoms with E-state index < -0.39 is 6.17 Å². The standard InChI is InChI=1S/C10H19FN2.2ClH/c11-8-5-6-13(7-8)10-3-1-9(12)2-4-10;;/h8-10H,1-7,12H2;2*1H/t8-,9?,10?;;/m1../s1. The summed E-state index contributed by atoms with van der Waals surface area (Å²) >= 11 is 0. The summed E-state index contributed by atoms with van der Waals surface area (Å²) in [4.78, 5) is 2.32. The number of likely N-dealkylation sites (tertiary alicyclic amines) is 1. The van der Waals surface area contributed by atoms with Crippen molar-refractivity contribution in [2.24, 2.45) is 5.73 Å². The molecule has 0 aromatic carbocycles. The lowest BCUT2D eigenvalue weighted by Gasteiger charge is -2.33. The number of halogens is 3. The fourth-order valence-corrected chi connectivity index (χ4v) is 2.54. The average Bonchev–Trinajstić information content (AvgIpc) is 2.53. The minimum atomic E-state index is -0.574. The van der Waals surface area contributed by atoms with E-state index in [-0.39, 0.29) is 24.8 Å². The molecule has 2 aliphatic rings. The van der Waals surface area contributed by atoms with Crippen LogP contribution in [0.4, 0.5) is 4.39 Å². The van der Waals surface area contributed by atoms with E-state index in [1.54, 1.807) is 0 Å². The molecule has 5 heteroatoms. The van der Waals surface area contributed by atoms with Gasteiger partial charge in [-0.1, -0.05) is 0 Å². The van der Waals surface area contributed by atoms with Crippen LogP contribution in [0, 0.1) is 0 Å². The van der Waals surface area contributed by atoms with E-state index in [0.717, 1.165) is 25.8 Å². The molecule has 0 aromatic heterocycles. The smallest absolute Gasteiger partial charge is 0.114 e. The molecule has 15 heavy (non-hydrogen) atoms. The quantitative estimate of drug-likeness (QED) is 0.781.